The fourth-order valence-corrected chi connectivity index (χ4v) is 2.20. The second kappa shape index (κ2) is 5.28. The summed E-state index contributed by atoms with van der Waals surface area (Å²) in [6.07, 6.45) is 3.59. The van der Waals surface area contributed by atoms with E-state index in [0.29, 0.717) is 18.4 Å². The summed E-state index contributed by atoms with van der Waals surface area (Å²) in [4.78, 5) is 0. The van der Waals surface area contributed by atoms with Crippen molar-refractivity contribution in [3.63, 3.8) is 0 Å². The lowest BCUT2D eigenvalue weighted by atomic mass is 9.95. The van der Waals surface area contributed by atoms with E-state index in [1.165, 1.54) is 12.8 Å². The smallest absolute Gasteiger partial charge is 0.0741 e. The zero-order chi connectivity index (χ0) is 11.5. The summed E-state index contributed by atoms with van der Waals surface area (Å²) in [6.45, 7) is 6.87. The summed E-state index contributed by atoms with van der Waals surface area (Å²) in [5.41, 5.74) is -0.673. The van der Waals surface area contributed by atoms with Gasteiger partial charge in [0, 0.05) is 12.6 Å². The maximum absolute atomic E-state index is 9.77. The number of rotatable bonds is 5. The number of aliphatic hydroxyl groups is 2. The number of hydrogen-bond donors (Lipinski definition) is 3. The van der Waals surface area contributed by atoms with E-state index in [2.05, 4.69) is 5.32 Å². The van der Waals surface area contributed by atoms with E-state index in [1.807, 2.05) is 20.8 Å². The topological polar surface area (TPSA) is 52.5 Å². The largest absolute Gasteiger partial charge is 0.396 e. The quantitative estimate of drug-likeness (QED) is 0.645. The summed E-state index contributed by atoms with van der Waals surface area (Å²) < 4.78 is 0. The van der Waals surface area contributed by atoms with Gasteiger partial charge in [-0.1, -0.05) is 6.42 Å². The molecule has 3 atom stereocenters. The van der Waals surface area contributed by atoms with Crippen molar-refractivity contribution < 1.29 is 10.2 Å². The van der Waals surface area contributed by atoms with E-state index >= 15 is 0 Å². The first kappa shape index (κ1) is 12.9. The van der Waals surface area contributed by atoms with Gasteiger partial charge < -0.3 is 15.5 Å². The van der Waals surface area contributed by atoms with E-state index in [9.17, 15) is 10.2 Å². The molecule has 1 rings (SSSR count). The van der Waals surface area contributed by atoms with Gasteiger partial charge in [-0.2, -0.15) is 0 Å². The van der Waals surface area contributed by atoms with Crippen LogP contribution in [0.3, 0.4) is 0 Å². The highest BCUT2D eigenvalue weighted by Crippen LogP contribution is 2.30. The third-order valence-corrected chi connectivity index (χ3v) is 3.80. The van der Waals surface area contributed by atoms with Crippen LogP contribution in [0.2, 0.25) is 0 Å². The Hall–Kier alpha value is -0.120. The van der Waals surface area contributed by atoms with E-state index in [1.54, 1.807) is 0 Å². The average molecular weight is 215 g/mol. The highest BCUT2D eigenvalue weighted by atomic mass is 16.3. The first-order chi connectivity index (χ1) is 6.95. The Bertz CT molecular complexity index is 189. The standard InChI is InChI=1S/C12H25NO2/c1-9(12(2,3)15)13-7-10-5-4-6-11(10)8-14/h9-11,13-15H,4-8H2,1-3H3. The van der Waals surface area contributed by atoms with Crippen LogP contribution in [0.5, 0.6) is 0 Å². The predicted molar refractivity (Wildman–Crippen MR) is 61.7 cm³/mol. The molecule has 3 unspecified atom stereocenters. The second-order valence-electron chi connectivity index (χ2n) is 5.42. The fraction of sp³-hybridized carbons (Fsp3) is 1.00. The molecule has 3 N–H and O–H groups in total. The third kappa shape index (κ3) is 3.74. The molecule has 0 aliphatic heterocycles. The highest BCUT2D eigenvalue weighted by molar-refractivity contribution is 4.84. The molecule has 0 saturated heterocycles. The number of nitrogens with one attached hydrogen (secondary N) is 1. The summed E-state index contributed by atoms with van der Waals surface area (Å²) >= 11 is 0. The van der Waals surface area contributed by atoms with Crippen LogP contribution in [-0.4, -0.2) is 35.0 Å². The molecular formula is C12H25NO2. The minimum absolute atomic E-state index is 0.0949. The summed E-state index contributed by atoms with van der Waals surface area (Å²) in [7, 11) is 0. The lowest BCUT2D eigenvalue weighted by Gasteiger charge is -2.29. The van der Waals surface area contributed by atoms with E-state index in [-0.39, 0.29) is 6.04 Å². The van der Waals surface area contributed by atoms with Crippen LogP contribution in [0.4, 0.5) is 0 Å². The molecular weight excluding hydrogens is 190 g/mol. The Morgan fingerprint density at radius 2 is 1.93 bits per heavy atom. The first-order valence-electron chi connectivity index (χ1n) is 6.01. The molecule has 0 spiro atoms. The van der Waals surface area contributed by atoms with Crippen LogP contribution >= 0.6 is 0 Å². The van der Waals surface area contributed by atoms with Crippen molar-refractivity contribution in [1.29, 1.82) is 0 Å². The minimum Gasteiger partial charge on any atom is -0.396 e. The molecule has 0 aromatic heterocycles. The van der Waals surface area contributed by atoms with Crippen molar-refractivity contribution in [2.24, 2.45) is 11.8 Å². The molecule has 0 aromatic rings. The molecule has 0 aromatic carbocycles. The molecule has 3 heteroatoms. The highest BCUT2D eigenvalue weighted by Gasteiger charge is 2.28. The van der Waals surface area contributed by atoms with Crippen molar-refractivity contribution in [2.45, 2.75) is 51.7 Å². The summed E-state index contributed by atoms with van der Waals surface area (Å²) in [5.74, 6) is 1.05. The predicted octanol–water partition coefficient (Wildman–Crippen LogP) is 1.14. The van der Waals surface area contributed by atoms with Crippen LogP contribution in [0, 0.1) is 11.8 Å². The minimum atomic E-state index is -0.673. The Labute approximate surface area is 92.9 Å². The lowest BCUT2D eigenvalue weighted by molar-refractivity contribution is 0.0415. The van der Waals surface area contributed by atoms with Gasteiger partial charge in [0.15, 0.2) is 0 Å². The monoisotopic (exact) mass is 215 g/mol. The van der Waals surface area contributed by atoms with Crippen molar-refractivity contribution in [1.82, 2.24) is 5.32 Å². The van der Waals surface area contributed by atoms with Crippen LogP contribution < -0.4 is 5.32 Å². The van der Waals surface area contributed by atoms with Crippen molar-refractivity contribution >= 4 is 0 Å². The molecule has 1 aliphatic carbocycles. The summed E-state index contributed by atoms with van der Waals surface area (Å²) in [5, 5.41) is 22.3. The molecule has 90 valence electrons. The lowest BCUT2D eigenvalue weighted by Crippen LogP contribution is -2.46. The van der Waals surface area contributed by atoms with Gasteiger partial charge in [0.25, 0.3) is 0 Å². The van der Waals surface area contributed by atoms with Gasteiger partial charge in [-0.15, -0.1) is 0 Å². The van der Waals surface area contributed by atoms with Crippen molar-refractivity contribution in [3.8, 4) is 0 Å². The van der Waals surface area contributed by atoms with Crippen molar-refractivity contribution in [3.05, 3.63) is 0 Å². The maximum atomic E-state index is 9.77. The molecule has 0 bridgehead atoms. The second-order valence-corrected chi connectivity index (χ2v) is 5.42. The Morgan fingerprint density at radius 3 is 2.47 bits per heavy atom. The van der Waals surface area contributed by atoms with E-state index < -0.39 is 5.60 Å². The van der Waals surface area contributed by atoms with Crippen LogP contribution in [0.1, 0.15) is 40.0 Å². The van der Waals surface area contributed by atoms with Crippen LogP contribution in [-0.2, 0) is 0 Å². The Morgan fingerprint density at radius 1 is 1.33 bits per heavy atom. The van der Waals surface area contributed by atoms with Gasteiger partial charge >= 0.3 is 0 Å². The van der Waals surface area contributed by atoms with Gasteiger partial charge in [-0.05, 0) is 52.0 Å². The first-order valence-corrected chi connectivity index (χ1v) is 6.01. The van der Waals surface area contributed by atoms with Gasteiger partial charge in [-0.25, -0.2) is 0 Å². The zero-order valence-corrected chi connectivity index (χ0v) is 10.2. The summed E-state index contributed by atoms with van der Waals surface area (Å²) in [6, 6.07) is 0.0949. The van der Waals surface area contributed by atoms with E-state index in [0.717, 1.165) is 13.0 Å². The van der Waals surface area contributed by atoms with E-state index in [4.69, 9.17) is 0 Å². The Balaban J connectivity index is 2.30. The molecule has 3 nitrogen and oxygen atoms in total. The van der Waals surface area contributed by atoms with Crippen LogP contribution in [0.15, 0.2) is 0 Å². The van der Waals surface area contributed by atoms with Gasteiger partial charge in [0.1, 0.15) is 0 Å². The average Bonchev–Trinajstić information content (AvgIpc) is 2.59. The fourth-order valence-electron chi connectivity index (χ4n) is 2.20. The molecule has 15 heavy (non-hydrogen) atoms. The SMILES string of the molecule is CC(NCC1CCCC1CO)C(C)(C)O. The molecule has 1 fully saturated rings. The van der Waals surface area contributed by atoms with Gasteiger partial charge in [-0.3, -0.25) is 0 Å². The molecule has 0 heterocycles. The van der Waals surface area contributed by atoms with Gasteiger partial charge in [0.2, 0.25) is 0 Å². The molecule has 0 amide bonds. The number of aliphatic hydroxyl groups excluding tert-OH is 1. The third-order valence-electron chi connectivity index (χ3n) is 3.80. The van der Waals surface area contributed by atoms with Crippen molar-refractivity contribution in [2.75, 3.05) is 13.2 Å². The van der Waals surface area contributed by atoms with Gasteiger partial charge in [0.05, 0.1) is 5.60 Å². The van der Waals surface area contributed by atoms with Crippen LogP contribution in [0.25, 0.3) is 0 Å². The molecule has 1 saturated carbocycles. The Kier molecular flexibility index (Phi) is 4.56. The molecule has 1 aliphatic rings. The number of hydrogen-bond acceptors (Lipinski definition) is 3. The zero-order valence-electron chi connectivity index (χ0n) is 10.2. The maximum Gasteiger partial charge on any atom is 0.0741 e. The normalized spacial score (nSPS) is 29.4. The molecule has 0 radical (unpaired) electrons.